The van der Waals surface area contributed by atoms with Gasteiger partial charge in [-0.15, -0.1) is 0 Å². The number of hydrogen-bond donors (Lipinski definition) is 1. The van der Waals surface area contributed by atoms with E-state index >= 15 is 0 Å². The first-order valence-electron chi connectivity index (χ1n) is 5.91. The molecule has 0 aliphatic rings. The number of nitro benzene ring substituents is 1. The molecule has 23 heavy (non-hydrogen) atoms. The number of nitriles is 1. The molecule has 0 aromatic heterocycles. The van der Waals surface area contributed by atoms with Crippen LogP contribution in [0.25, 0.3) is 0 Å². The van der Waals surface area contributed by atoms with Gasteiger partial charge in [0.15, 0.2) is 5.82 Å². The van der Waals surface area contributed by atoms with Gasteiger partial charge in [-0.25, -0.2) is 17.2 Å². The van der Waals surface area contributed by atoms with Gasteiger partial charge in [0.1, 0.15) is 11.9 Å². The van der Waals surface area contributed by atoms with Crippen molar-refractivity contribution in [3.05, 3.63) is 63.7 Å². The first-order valence-corrected chi connectivity index (χ1v) is 7.40. The molecule has 0 unspecified atom stereocenters. The summed E-state index contributed by atoms with van der Waals surface area (Å²) in [7, 11) is -4.71. The van der Waals surface area contributed by atoms with Crippen molar-refractivity contribution >= 4 is 21.4 Å². The van der Waals surface area contributed by atoms with E-state index in [0.717, 1.165) is 36.4 Å². The van der Waals surface area contributed by atoms with E-state index in [1.807, 2.05) is 4.72 Å². The number of nitro groups is 1. The molecule has 2 rings (SSSR count). The second-order valence-electron chi connectivity index (χ2n) is 4.25. The lowest BCUT2D eigenvalue weighted by atomic mass is 10.2. The minimum absolute atomic E-state index is 0.327. The molecule has 0 radical (unpaired) electrons. The largest absolute Gasteiger partial charge is 0.292 e. The van der Waals surface area contributed by atoms with E-state index in [1.165, 1.54) is 0 Å². The number of hydrogen-bond acceptors (Lipinski definition) is 5. The fourth-order valence-electron chi connectivity index (χ4n) is 1.80. The Morgan fingerprint density at radius 3 is 2.52 bits per heavy atom. The summed E-state index contributed by atoms with van der Waals surface area (Å²) in [5.74, 6) is -2.10. The molecule has 7 nitrogen and oxygen atoms in total. The maximum Gasteiger partial charge on any atom is 0.292 e. The Labute approximate surface area is 129 Å². The molecule has 0 atom stereocenters. The molecule has 0 aliphatic carbocycles. The number of rotatable bonds is 4. The van der Waals surface area contributed by atoms with E-state index in [2.05, 4.69) is 0 Å². The Morgan fingerprint density at radius 2 is 1.91 bits per heavy atom. The van der Waals surface area contributed by atoms with Crippen molar-refractivity contribution in [3.8, 4) is 6.07 Å². The van der Waals surface area contributed by atoms with Crippen LogP contribution in [0.4, 0.5) is 20.2 Å². The lowest BCUT2D eigenvalue weighted by Gasteiger charge is -2.10. The fourth-order valence-corrected chi connectivity index (χ4v) is 3.11. The van der Waals surface area contributed by atoms with Gasteiger partial charge < -0.3 is 0 Å². The Morgan fingerprint density at radius 1 is 1.22 bits per heavy atom. The van der Waals surface area contributed by atoms with Crippen molar-refractivity contribution in [1.82, 2.24) is 0 Å². The summed E-state index contributed by atoms with van der Waals surface area (Å²) in [6, 6.07) is 6.74. The average Bonchev–Trinajstić information content (AvgIpc) is 2.48. The van der Waals surface area contributed by atoms with Gasteiger partial charge in [0.25, 0.3) is 15.7 Å². The minimum Gasteiger partial charge on any atom is -0.278 e. The molecule has 1 N–H and O–H groups in total. The maximum atomic E-state index is 13.8. The second kappa shape index (κ2) is 5.98. The summed E-state index contributed by atoms with van der Waals surface area (Å²) in [6.07, 6.45) is 0. The third-order valence-electron chi connectivity index (χ3n) is 2.76. The molecule has 0 saturated heterocycles. The molecule has 10 heteroatoms. The molecular weight excluding hydrogens is 332 g/mol. The van der Waals surface area contributed by atoms with Crippen molar-refractivity contribution in [1.29, 1.82) is 5.26 Å². The number of sulfonamides is 1. The van der Waals surface area contributed by atoms with Crippen molar-refractivity contribution < 1.29 is 22.1 Å². The van der Waals surface area contributed by atoms with Crippen LogP contribution in [0.1, 0.15) is 5.56 Å². The quantitative estimate of drug-likeness (QED) is 0.679. The van der Waals surface area contributed by atoms with Gasteiger partial charge in [0.05, 0.1) is 16.2 Å². The SMILES string of the molecule is N#Cc1cc(F)ccc1NS(=O)(=O)c1c(F)cccc1[N+](=O)[O-]. The summed E-state index contributed by atoms with van der Waals surface area (Å²) in [4.78, 5) is 8.67. The molecule has 0 amide bonds. The molecule has 0 heterocycles. The number of halogens is 2. The van der Waals surface area contributed by atoms with E-state index in [0.29, 0.717) is 0 Å². The Kier molecular flexibility index (Phi) is 4.24. The van der Waals surface area contributed by atoms with Crippen LogP contribution in [0.15, 0.2) is 41.3 Å². The van der Waals surface area contributed by atoms with Crippen molar-refractivity contribution in [3.63, 3.8) is 0 Å². The predicted molar refractivity (Wildman–Crippen MR) is 75.0 cm³/mol. The topological polar surface area (TPSA) is 113 Å². The Hall–Kier alpha value is -3.06. The lowest BCUT2D eigenvalue weighted by Crippen LogP contribution is -2.17. The number of anilines is 1. The van der Waals surface area contributed by atoms with E-state index in [-0.39, 0.29) is 11.3 Å². The Bertz CT molecular complexity index is 939. The van der Waals surface area contributed by atoms with Crippen LogP contribution in [-0.4, -0.2) is 13.3 Å². The van der Waals surface area contributed by atoms with Crippen LogP contribution in [0.3, 0.4) is 0 Å². The molecule has 0 aliphatic heterocycles. The first-order chi connectivity index (χ1) is 10.8. The summed E-state index contributed by atoms with van der Waals surface area (Å²) in [5, 5.41) is 19.8. The summed E-state index contributed by atoms with van der Waals surface area (Å²) < 4.78 is 53.2. The highest BCUT2D eigenvalue weighted by Crippen LogP contribution is 2.29. The van der Waals surface area contributed by atoms with Crippen LogP contribution in [0.2, 0.25) is 0 Å². The second-order valence-corrected chi connectivity index (χ2v) is 5.87. The van der Waals surface area contributed by atoms with Crippen LogP contribution in [-0.2, 0) is 10.0 Å². The zero-order chi connectivity index (χ0) is 17.2. The van der Waals surface area contributed by atoms with Gasteiger partial charge in [-0.3, -0.25) is 14.8 Å². The summed E-state index contributed by atoms with van der Waals surface area (Å²) >= 11 is 0. The van der Waals surface area contributed by atoms with Gasteiger partial charge in [-0.05, 0) is 24.3 Å². The standard InChI is InChI=1S/C13H7F2N3O4S/c14-9-4-5-11(8(6-9)7-16)17-23(21,22)13-10(15)2-1-3-12(13)18(19)20/h1-6,17H. The monoisotopic (exact) mass is 339 g/mol. The molecule has 0 fully saturated rings. The van der Waals surface area contributed by atoms with Gasteiger partial charge in [-0.2, -0.15) is 5.26 Å². The van der Waals surface area contributed by atoms with E-state index < -0.39 is 37.2 Å². The number of benzene rings is 2. The third-order valence-corrected chi connectivity index (χ3v) is 4.19. The van der Waals surface area contributed by atoms with Crippen LogP contribution in [0.5, 0.6) is 0 Å². The van der Waals surface area contributed by atoms with E-state index in [4.69, 9.17) is 5.26 Å². The van der Waals surface area contributed by atoms with Crippen LogP contribution >= 0.6 is 0 Å². The third kappa shape index (κ3) is 3.24. The highest BCUT2D eigenvalue weighted by Gasteiger charge is 2.30. The zero-order valence-electron chi connectivity index (χ0n) is 11.2. The van der Waals surface area contributed by atoms with Crippen molar-refractivity contribution in [2.24, 2.45) is 0 Å². The van der Waals surface area contributed by atoms with E-state index in [9.17, 15) is 27.3 Å². The average molecular weight is 339 g/mol. The van der Waals surface area contributed by atoms with Gasteiger partial charge in [0.2, 0.25) is 4.90 Å². The summed E-state index contributed by atoms with van der Waals surface area (Å²) in [5.41, 5.74) is -1.64. The lowest BCUT2D eigenvalue weighted by molar-refractivity contribution is -0.388. The molecule has 2 aromatic carbocycles. The highest BCUT2D eigenvalue weighted by atomic mass is 32.2. The first kappa shape index (κ1) is 16.3. The smallest absolute Gasteiger partial charge is 0.278 e. The van der Waals surface area contributed by atoms with Gasteiger partial charge in [-0.1, -0.05) is 6.07 Å². The highest BCUT2D eigenvalue weighted by molar-refractivity contribution is 7.92. The Balaban J connectivity index is 2.58. The van der Waals surface area contributed by atoms with Gasteiger partial charge >= 0.3 is 0 Å². The van der Waals surface area contributed by atoms with Crippen LogP contribution < -0.4 is 4.72 Å². The molecule has 0 spiro atoms. The normalized spacial score (nSPS) is 10.8. The number of nitrogens with zero attached hydrogens (tertiary/aromatic N) is 2. The van der Waals surface area contributed by atoms with Gasteiger partial charge in [0, 0.05) is 6.07 Å². The maximum absolute atomic E-state index is 13.8. The molecule has 2 aromatic rings. The fraction of sp³-hybridized carbons (Fsp3) is 0. The molecular formula is C13H7F2N3O4S. The van der Waals surface area contributed by atoms with Crippen molar-refractivity contribution in [2.45, 2.75) is 4.90 Å². The van der Waals surface area contributed by atoms with Crippen molar-refractivity contribution in [2.75, 3.05) is 4.72 Å². The molecule has 118 valence electrons. The molecule has 0 bridgehead atoms. The van der Waals surface area contributed by atoms with E-state index in [1.54, 1.807) is 6.07 Å². The zero-order valence-corrected chi connectivity index (χ0v) is 12.0. The molecule has 0 saturated carbocycles. The van der Waals surface area contributed by atoms with Crippen LogP contribution in [0, 0.1) is 33.1 Å². The predicted octanol–water partition coefficient (Wildman–Crippen LogP) is 2.55. The minimum atomic E-state index is -4.71. The summed E-state index contributed by atoms with van der Waals surface area (Å²) in [6.45, 7) is 0. The number of nitrogens with one attached hydrogen (secondary N) is 1.